The van der Waals surface area contributed by atoms with Crippen molar-refractivity contribution in [3.05, 3.63) is 45.4 Å². The number of thiophene rings is 1. The van der Waals surface area contributed by atoms with E-state index < -0.39 is 0 Å². The standard InChI is InChI=1S/C13H16N2S/c1-9-4-13(8-14-6-9)15-7-12-5-10(2)16-11(12)3/h4-6,8,15H,7H2,1-3H3. The zero-order valence-electron chi connectivity index (χ0n) is 9.87. The summed E-state index contributed by atoms with van der Waals surface area (Å²) in [6, 6.07) is 4.36. The van der Waals surface area contributed by atoms with Crippen molar-refractivity contribution in [3.63, 3.8) is 0 Å². The van der Waals surface area contributed by atoms with Gasteiger partial charge in [-0.05, 0) is 44.0 Å². The lowest BCUT2D eigenvalue weighted by Gasteiger charge is -2.06. The number of hydrogen-bond donors (Lipinski definition) is 1. The minimum atomic E-state index is 0.876. The van der Waals surface area contributed by atoms with E-state index in [4.69, 9.17) is 0 Å². The quantitative estimate of drug-likeness (QED) is 0.873. The first-order valence-corrected chi connectivity index (χ1v) is 6.18. The maximum Gasteiger partial charge on any atom is 0.0532 e. The third-order valence-electron chi connectivity index (χ3n) is 2.50. The molecule has 0 saturated heterocycles. The van der Waals surface area contributed by atoms with Gasteiger partial charge in [0.2, 0.25) is 0 Å². The van der Waals surface area contributed by atoms with Gasteiger partial charge in [0.1, 0.15) is 0 Å². The maximum absolute atomic E-state index is 4.16. The zero-order chi connectivity index (χ0) is 11.5. The number of rotatable bonds is 3. The molecule has 1 N–H and O–H groups in total. The molecule has 0 bridgehead atoms. The van der Waals surface area contributed by atoms with Crippen LogP contribution in [0.4, 0.5) is 5.69 Å². The molecule has 3 heteroatoms. The number of hydrogen-bond acceptors (Lipinski definition) is 3. The van der Waals surface area contributed by atoms with E-state index in [0.717, 1.165) is 12.2 Å². The van der Waals surface area contributed by atoms with Gasteiger partial charge in [0, 0.05) is 28.7 Å². The Labute approximate surface area is 100 Å². The summed E-state index contributed by atoms with van der Waals surface area (Å²) in [5.41, 5.74) is 3.65. The Bertz CT molecular complexity index is 488. The summed E-state index contributed by atoms with van der Waals surface area (Å²) in [4.78, 5) is 6.93. The van der Waals surface area contributed by atoms with Crippen LogP contribution >= 0.6 is 11.3 Å². The molecule has 16 heavy (non-hydrogen) atoms. The van der Waals surface area contributed by atoms with Gasteiger partial charge >= 0.3 is 0 Å². The van der Waals surface area contributed by atoms with E-state index in [9.17, 15) is 0 Å². The van der Waals surface area contributed by atoms with Gasteiger partial charge in [-0.15, -0.1) is 11.3 Å². The van der Waals surface area contributed by atoms with E-state index in [1.54, 1.807) is 0 Å². The third kappa shape index (κ3) is 2.61. The summed E-state index contributed by atoms with van der Waals surface area (Å²) in [6.45, 7) is 7.25. The zero-order valence-corrected chi connectivity index (χ0v) is 10.7. The molecule has 0 atom stereocenters. The molecule has 2 heterocycles. The van der Waals surface area contributed by atoms with Crippen molar-refractivity contribution in [1.29, 1.82) is 0 Å². The number of nitrogens with one attached hydrogen (secondary N) is 1. The molecule has 0 spiro atoms. The van der Waals surface area contributed by atoms with Gasteiger partial charge < -0.3 is 5.32 Å². The average Bonchev–Trinajstić information content (AvgIpc) is 2.54. The van der Waals surface area contributed by atoms with Crippen LogP contribution in [-0.4, -0.2) is 4.98 Å². The Kier molecular flexibility index (Phi) is 3.25. The molecule has 0 aliphatic carbocycles. The van der Waals surface area contributed by atoms with Crippen LogP contribution in [0.25, 0.3) is 0 Å². The fourth-order valence-corrected chi connectivity index (χ4v) is 2.65. The van der Waals surface area contributed by atoms with E-state index in [-0.39, 0.29) is 0 Å². The first kappa shape index (κ1) is 11.1. The fraction of sp³-hybridized carbons (Fsp3) is 0.308. The molecule has 84 valence electrons. The highest BCUT2D eigenvalue weighted by Gasteiger charge is 2.02. The topological polar surface area (TPSA) is 24.9 Å². The van der Waals surface area contributed by atoms with Crippen molar-refractivity contribution in [1.82, 2.24) is 4.98 Å². The predicted molar refractivity (Wildman–Crippen MR) is 70.1 cm³/mol. The van der Waals surface area contributed by atoms with E-state index in [1.165, 1.54) is 20.9 Å². The molecular weight excluding hydrogens is 216 g/mol. The summed E-state index contributed by atoms with van der Waals surface area (Å²) in [6.07, 6.45) is 3.73. The summed E-state index contributed by atoms with van der Waals surface area (Å²) < 4.78 is 0. The van der Waals surface area contributed by atoms with Crippen LogP contribution in [0.1, 0.15) is 20.9 Å². The highest BCUT2D eigenvalue weighted by Crippen LogP contribution is 2.21. The van der Waals surface area contributed by atoms with Crippen molar-refractivity contribution in [2.24, 2.45) is 0 Å². The Morgan fingerprint density at radius 3 is 2.62 bits per heavy atom. The summed E-state index contributed by atoms with van der Waals surface area (Å²) in [7, 11) is 0. The lowest BCUT2D eigenvalue weighted by atomic mass is 10.2. The molecular formula is C13H16N2S. The van der Waals surface area contributed by atoms with Gasteiger partial charge in [-0.25, -0.2) is 0 Å². The van der Waals surface area contributed by atoms with Gasteiger partial charge in [0.15, 0.2) is 0 Å². The molecule has 0 aliphatic heterocycles. The highest BCUT2D eigenvalue weighted by atomic mass is 32.1. The second-order valence-electron chi connectivity index (χ2n) is 4.04. The maximum atomic E-state index is 4.16. The third-order valence-corrected chi connectivity index (χ3v) is 3.51. The Hall–Kier alpha value is -1.35. The molecule has 0 aromatic carbocycles. The van der Waals surface area contributed by atoms with Crippen LogP contribution in [0.2, 0.25) is 0 Å². The molecule has 0 amide bonds. The van der Waals surface area contributed by atoms with Crippen LogP contribution in [0.3, 0.4) is 0 Å². The summed E-state index contributed by atoms with van der Waals surface area (Å²) in [5.74, 6) is 0. The average molecular weight is 232 g/mol. The number of aryl methyl sites for hydroxylation is 3. The van der Waals surface area contributed by atoms with E-state index in [1.807, 2.05) is 23.7 Å². The van der Waals surface area contributed by atoms with Crippen LogP contribution in [-0.2, 0) is 6.54 Å². The second kappa shape index (κ2) is 4.66. The van der Waals surface area contributed by atoms with Gasteiger partial charge in [0.05, 0.1) is 5.69 Å². The molecule has 0 aliphatic rings. The Morgan fingerprint density at radius 2 is 2.00 bits per heavy atom. The molecule has 2 aromatic heterocycles. The van der Waals surface area contributed by atoms with Crippen LogP contribution in [0, 0.1) is 20.8 Å². The van der Waals surface area contributed by atoms with Crippen molar-refractivity contribution in [2.45, 2.75) is 27.3 Å². The predicted octanol–water partition coefficient (Wildman–Crippen LogP) is 3.68. The smallest absolute Gasteiger partial charge is 0.0532 e. The number of anilines is 1. The van der Waals surface area contributed by atoms with Gasteiger partial charge in [0.25, 0.3) is 0 Å². The van der Waals surface area contributed by atoms with Gasteiger partial charge in [-0.2, -0.15) is 0 Å². The lowest BCUT2D eigenvalue weighted by molar-refractivity contribution is 1.12. The fourth-order valence-electron chi connectivity index (χ4n) is 1.71. The summed E-state index contributed by atoms with van der Waals surface area (Å²) in [5, 5.41) is 3.40. The number of aromatic nitrogens is 1. The van der Waals surface area contributed by atoms with E-state index >= 15 is 0 Å². The minimum Gasteiger partial charge on any atom is -0.380 e. The first-order valence-electron chi connectivity index (χ1n) is 5.36. The minimum absolute atomic E-state index is 0.876. The molecule has 0 fully saturated rings. The largest absolute Gasteiger partial charge is 0.380 e. The monoisotopic (exact) mass is 232 g/mol. The first-order chi connectivity index (χ1) is 7.65. The van der Waals surface area contributed by atoms with Crippen molar-refractivity contribution < 1.29 is 0 Å². The molecule has 0 unspecified atom stereocenters. The molecule has 2 rings (SSSR count). The number of nitrogens with zero attached hydrogens (tertiary/aromatic N) is 1. The lowest BCUT2D eigenvalue weighted by Crippen LogP contribution is -1.99. The van der Waals surface area contributed by atoms with Crippen LogP contribution in [0.5, 0.6) is 0 Å². The molecule has 2 nitrogen and oxygen atoms in total. The molecule has 0 radical (unpaired) electrons. The SMILES string of the molecule is Cc1cncc(NCc2cc(C)sc2C)c1. The van der Waals surface area contributed by atoms with E-state index in [2.05, 4.69) is 43.2 Å². The Balaban J connectivity index is 2.05. The number of pyridine rings is 1. The van der Waals surface area contributed by atoms with Crippen molar-refractivity contribution >= 4 is 17.0 Å². The van der Waals surface area contributed by atoms with Crippen LogP contribution in [0.15, 0.2) is 24.5 Å². The summed E-state index contributed by atoms with van der Waals surface area (Å²) >= 11 is 1.85. The van der Waals surface area contributed by atoms with Crippen molar-refractivity contribution in [3.8, 4) is 0 Å². The molecule has 0 saturated carbocycles. The normalized spacial score (nSPS) is 10.4. The van der Waals surface area contributed by atoms with Crippen molar-refractivity contribution in [2.75, 3.05) is 5.32 Å². The van der Waals surface area contributed by atoms with E-state index in [0.29, 0.717) is 0 Å². The highest BCUT2D eigenvalue weighted by molar-refractivity contribution is 7.12. The Morgan fingerprint density at radius 1 is 1.19 bits per heavy atom. The second-order valence-corrected chi connectivity index (χ2v) is 5.50. The van der Waals surface area contributed by atoms with Gasteiger partial charge in [-0.1, -0.05) is 0 Å². The molecule has 2 aromatic rings. The van der Waals surface area contributed by atoms with Crippen LogP contribution < -0.4 is 5.32 Å². The van der Waals surface area contributed by atoms with Gasteiger partial charge in [-0.3, -0.25) is 4.98 Å².